The fraction of sp³-hybridized carbons (Fsp3) is 0.471. The molecule has 1 saturated heterocycles. The van der Waals surface area contributed by atoms with E-state index < -0.39 is 0 Å². The summed E-state index contributed by atoms with van der Waals surface area (Å²) < 4.78 is 11.4. The summed E-state index contributed by atoms with van der Waals surface area (Å²) in [7, 11) is 0. The maximum atomic E-state index is 12.3. The fourth-order valence-corrected chi connectivity index (χ4v) is 2.62. The van der Waals surface area contributed by atoms with Gasteiger partial charge < -0.3 is 14.1 Å². The normalized spacial score (nSPS) is 14.7. The average Bonchev–Trinajstić information content (AvgIpc) is 2.93. The van der Waals surface area contributed by atoms with Crippen LogP contribution in [0.4, 0.5) is 0 Å². The van der Waals surface area contributed by atoms with Crippen LogP contribution in [0.1, 0.15) is 41.0 Å². The third kappa shape index (κ3) is 3.21. The van der Waals surface area contributed by atoms with E-state index in [0.29, 0.717) is 25.4 Å². The topological polar surface area (TPSA) is 68.5 Å². The van der Waals surface area contributed by atoms with Crippen LogP contribution in [0, 0.1) is 13.8 Å². The van der Waals surface area contributed by atoms with Crippen LogP contribution in [-0.4, -0.2) is 40.2 Å². The first kappa shape index (κ1) is 15.5. The Morgan fingerprint density at radius 1 is 1.30 bits per heavy atom. The Morgan fingerprint density at radius 3 is 2.65 bits per heavy atom. The van der Waals surface area contributed by atoms with Gasteiger partial charge in [0.1, 0.15) is 11.9 Å². The highest BCUT2D eigenvalue weighted by Crippen LogP contribution is 2.26. The Bertz CT molecular complexity index is 685. The second-order valence-electron chi connectivity index (χ2n) is 5.92. The highest BCUT2D eigenvalue weighted by atomic mass is 16.5. The lowest BCUT2D eigenvalue weighted by atomic mass is 10.1. The van der Waals surface area contributed by atoms with E-state index in [9.17, 15) is 4.79 Å². The lowest BCUT2D eigenvalue weighted by Gasteiger charge is -2.38. The number of benzene rings is 1. The predicted octanol–water partition coefficient (Wildman–Crippen LogP) is 2.54. The minimum Gasteiger partial charge on any atom is -0.486 e. The standard InChI is InChI=1S/C17H21N3O3/c1-4-6-14-18-19-16(23-14)17(21)20-9-13(10-20)22-15-11(2)7-5-8-12(15)3/h5,7-8,13H,4,6,9-10H2,1-3H3. The molecular formula is C17H21N3O3. The van der Waals surface area contributed by atoms with Crippen LogP contribution in [-0.2, 0) is 6.42 Å². The summed E-state index contributed by atoms with van der Waals surface area (Å²) in [6.07, 6.45) is 1.61. The number of hydrogen-bond acceptors (Lipinski definition) is 5. The largest absolute Gasteiger partial charge is 0.486 e. The summed E-state index contributed by atoms with van der Waals surface area (Å²) in [5.74, 6) is 1.27. The maximum Gasteiger partial charge on any atom is 0.311 e. The number of likely N-dealkylation sites (tertiary alicyclic amines) is 1. The van der Waals surface area contributed by atoms with Crippen LogP contribution in [0.2, 0.25) is 0 Å². The molecule has 23 heavy (non-hydrogen) atoms. The van der Waals surface area contributed by atoms with Crippen molar-refractivity contribution in [2.24, 2.45) is 0 Å². The molecule has 3 rings (SSSR count). The fourth-order valence-electron chi connectivity index (χ4n) is 2.62. The Labute approximate surface area is 135 Å². The van der Waals surface area contributed by atoms with Crippen LogP contribution in [0.25, 0.3) is 0 Å². The SMILES string of the molecule is CCCc1nnc(C(=O)N2CC(Oc3c(C)cccc3C)C2)o1. The first-order valence-electron chi connectivity index (χ1n) is 7.93. The Kier molecular flexibility index (Phi) is 4.32. The number of hydrogen-bond donors (Lipinski definition) is 0. The van der Waals surface area contributed by atoms with Crippen LogP contribution in [0.15, 0.2) is 22.6 Å². The maximum absolute atomic E-state index is 12.3. The Balaban J connectivity index is 1.57. The lowest BCUT2D eigenvalue weighted by Crippen LogP contribution is -2.56. The highest BCUT2D eigenvalue weighted by molar-refractivity contribution is 5.90. The van der Waals surface area contributed by atoms with E-state index in [1.165, 1.54) is 0 Å². The summed E-state index contributed by atoms with van der Waals surface area (Å²) in [5, 5.41) is 7.71. The van der Waals surface area contributed by atoms with E-state index in [4.69, 9.17) is 9.15 Å². The van der Waals surface area contributed by atoms with Crippen molar-refractivity contribution in [3.8, 4) is 5.75 Å². The summed E-state index contributed by atoms with van der Waals surface area (Å²) in [5.41, 5.74) is 2.21. The van der Waals surface area contributed by atoms with Gasteiger partial charge in [-0.25, -0.2) is 0 Å². The van der Waals surface area contributed by atoms with Gasteiger partial charge in [-0.05, 0) is 31.4 Å². The number of para-hydroxylation sites is 1. The number of aryl methyl sites for hydroxylation is 3. The zero-order valence-corrected chi connectivity index (χ0v) is 13.7. The molecule has 0 spiro atoms. The van der Waals surface area contributed by atoms with Crippen molar-refractivity contribution in [1.29, 1.82) is 0 Å². The van der Waals surface area contributed by atoms with Crippen LogP contribution in [0.5, 0.6) is 5.75 Å². The minimum absolute atomic E-state index is 0.0109. The number of rotatable bonds is 5. The summed E-state index contributed by atoms with van der Waals surface area (Å²) in [6, 6.07) is 6.06. The Morgan fingerprint density at radius 2 is 2.00 bits per heavy atom. The third-order valence-corrected chi connectivity index (χ3v) is 3.94. The van der Waals surface area contributed by atoms with Gasteiger partial charge >= 0.3 is 11.8 Å². The van der Waals surface area contributed by atoms with Gasteiger partial charge in [0.05, 0.1) is 13.1 Å². The molecule has 6 heteroatoms. The second-order valence-corrected chi connectivity index (χ2v) is 5.92. The van der Waals surface area contributed by atoms with E-state index in [1.807, 2.05) is 39.0 Å². The molecule has 0 atom stereocenters. The van der Waals surface area contributed by atoms with Crippen molar-refractivity contribution < 1.29 is 13.9 Å². The van der Waals surface area contributed by atoms with E-state index in [2.05, 4.69) is 10.2 Å². The zero-order chi connectivity index (χ0) is 16.4. The number of aromatic nitrogens is 2. The second kappa shape index (κ2) is 6.40. The number of carbonyl (C=O) groups is 1. The van der Waals surface area contributed by atoms with Gasteiger partial charge in [-0.1, -0.05) is 25.1 Å². The Hall–Kier alpha value is -2.37. The molecule has 1 amide bonds. The van der Waals surface area contributed by atoms with Gasteiger partial charge in [0, 0.05) is 6.42 Å². The van der Waals surface area contributed by atoms with Gasteiger partial charge in [0.15, 0.2) is 0 Å². The number of amides is 1. The molecule has 2 heterocycles. The molecule has 1 aliphatic rings. The quantitative estimate of drug-likeness (QED) is 0.848. The van der Waals surface area contributed by atoms with Gasteiger partial charge in [-0.2, -0.15) is 0 Å². The van der Waals surface area contributed by atoms with Crippen LogP contribution >= 0.6 is 0 Å². The van der Waals surface area contributed by atoms with Crippen LogP contribution < -0.4 is 4.74 Å². The molecule has 0 unspecified atom stereocenters. The van der Waals surface area contributed by atoms with Gasteiger partial charge in [0.25, 0.3) is 0 Å². The average molecular weight is 315 g/mol. The van der Waals surface area contributed by atoms with Crippen molar-refractivity contribution >= 4 is 5.91 Å². The van der Waals surface area contributed by atoms with Gasteiger partial charge in [0.2, 0.25) is 5.89 Å². The molecule has 0 bridgehead atoms. The molecule has 0 saturated carbocycles. The van der Waals surface area contributed by atoms with E-state index in [-0.39, 0.29) is 17.9 Å². The molecule has 6 nitrogen and oxygen atoms in total. The lowest BCUT2D eigenvalue weighted by molar-refractivity contribution is 0.0143. The third-order valence-electron chi connectivity index (χ3n) is 3.94. The molecule has 1 aromatic heterocycles. The first-order valence-corrected chi connectivity index (χ1v) is 7.93. The zero-order valence-electron chi connectivity index (χ0n) is 13.7. The van der Waals surface area contributed by atoms with Crippen molar-refractivity contribution in [3.05, 3.63) is 41.1 Å². The molecule has 1 aliphatic heterocycles. The molecule has 1 fully saturated rings. The van der Waals surface area contributed by atoms with Gasteiger partial charge in [-0.3, -0.25) is 4.79 Å². The monoisotopic (exact) mass is 315 g/mol. The van der Waals surface area contributed by atoms with Crippen molar-refractivity contribution in [1.82, 2.24) is 15.1 Å². The summed E-state index contributed by atoms with van der Waals surface area (Å²) in [4.78, 5) is 13.9. The van der Waals surface area contributed by atoms with E-state index in [0.717, 1.165) is 23.3 Å². The van der Waals surface area contributed by atoms with Crippen molar-refractivity contribution in [3.63, 3.8) is 0 Å². The molecule has 0 radical (unpaired) electrons. The van der Waals surface area contributed by atoms with Crippen molar-refractivity contribution in [2.45, 2.75) is 39.7 Å². The number of ether oxygens (including phenoxy) is 1. The first-order chi connectivity index (χ1) is 11.1. The highest BCUT2D eigenvalue weighted by Gasteiger charge is 2.35. The minimum atomic E-state index is -0.221. The summed E-state index contributed by atoms with van der Waals surface area (Å²) >= 11 is 0. The smallest absolute Gasteiger partial charge is 0.311 e. The molecule has 0 aliphatic carbocycles. The molecule has 0 N–H and O–H groups in total. The van der Waals surface area contributed by atoms with Gasteiger partial charge in [-0.15, -0.1) is 10.2 Å². The summed E-state index contributed by atoms with van der Waals surface area (Å²) in [6.45, 7) is 7.15. The van der Waals surface area contributed by atoms with E-state index >= 15 is 0 Å². The number of nitrogens with zero attached hydrogens (tertiary/aromatic N) is 3. The number of carbonyl (C=O) groups excluding carboxylic acids is 1. The molecule has 2 aromatic rings. The van der Waals surface area contributed by atoms with E-state index in [1.54, 1.807) is 4.90 Å². The molecular weight excluding hydrogens is 294 g/mol. The molecule has 1 aromatic carbocycles. The van der Waals surface area contributed by atoms with Crippen molar-refractivity contribution in [2.75, 3.05) is 13.1 Å². The predicted molar refractivity (Wildman–Crippen MR) is 84.5 cm³/mol. The molecule has 122 valence electrons. The van der Waals surface area contributed by atoms with Crippen LogP contribution in [0.3, 0.4) is 0 Å².